The summed E-state index contributed by atoms with van der Waals surface area (Å²) in [5, 5.41) is 0. The van der Waals surface area contributed by atoms with Gasteiger partial charge in [0.2, 0.25) is 0 Å². The predicted molar refractivity (Wildman–Crippen MR) is 171 cm³/mol. The van der Waals surface area contributed by atoms with Gasteiger partial charge in [-0.05, 0) is 91.1 Å². The summed E-state index contributed by atoms with van der Waals surface area (Å²) in [6.45, 7) is 4.42. The third-order valence-corrected chi connectivity index (χ3v) is 8.71. The Morgan fingerprint density at radius 1 is 0.537 bits per heavy atom. The average Bonchev–Trinajstić information content (AvgIpc) is 2.97. The lowest BCUT2D eigenvalue weighted by Gasteiger charge is -2.09. The van der Waals surface area contributed by atoms with Crippen molar-refractivity contribution < 1.29 is 13.2 Å². The van der Waals surface area contributed by atoms with Crippen molar-refractivity contribution in [3.63, 3.8) is 0 Å². The zero-order chi connectivity index (χ0) is 29.3. The minimum Gasteiger partial charge on any atom is -0.166 e. The van der Waals surface area contributed by atoms with Crippen LogP contribution in [0.5, 0.6) is 0 Å². The van der Waals surface area contributed by atoms with E-state index in [1.165, 1.54) is 68.7 Å². The second kappa shape index (κ2) is 17.9. The maximum atomic E-state index is 13.9. The van der Waals surface area contributed by atoms with Gasteiger partial charge >= 0.3 is 6.18 Å². The van der Waals surface area contributed by atoms with Crippen molar-refractivity contribution in [1.29, 1.82) is 0 Å². The van der Waals surface area contributed by atoms with Gasteiger partial charge in [0, 0.05) is 32.0 Å². The summed E-state index contributed by atoms with van der Waals surface area (Å²) in [5.74, 6) is 13.7. The first-order valence-electron chi connectivity index (χ1n) is 14.6. The lowest BCUT2D eigenvalue weighted by Crippen LogP contribution is -2.08. The van der Waals surface area contributed by atoms with Gasteiger partial charge in [0.1, 0.15) is 0 Å². The highest BCUT2D eigenvalue weighted by atomic mass is 32.2. The van der Waals surface area contributed by atoms with Crippen LogP contribution in [0.2, 0.25) is 0 Å². The molecule has 41 heavy (non-hydrogen) atoms. The molecule has 0 aromatic heterocycles. The van der Waals surface area contributed by atoms with Crippen LogP contribution in [0.25, 0.3) is 0 Å². The van der Waals surface area contributed by atoms with Gasteiger partial charge < -0.3 is 0 Å². The predicted octanol–water partition coefficient (Wildman–Crippen LogP) is 11.2. The van der Waals surface area contributed by atoms with Crippen LogP contribution in [0, 0.1) is 23.7 Å². The fraction of sp³-hybridized carbons (Fsp3) is 0.389. The first-order chi connectivity index (χ1) is 19.9. The molecular weight excluding hydrogens is 554 g/mol. The molecule has 0 radical (unpaired) electrons. The minimum absolute atomic E-state index is 0.0477. The number of hydrogen-bond donors (Lipinski definition) is 0. The third-order valence-electron chi connectivity index (χ3n) is 6.51. The monoisotopic (exact) mass is 592 g/mol. The first kappa shape index (κ1) is 32.8. The summed E-state index contributed by atoms with van der Waals surface area (Å²) < 4.78 is 41.6. The summed E-state index contributed by atoms with van der Waals surface area (Å²) in [6, 6.07) is 19.7. The summed E-state index contributed by atoms with van der Waals surface area (Å²) >= 11 is 3.63. The molecule has 216 valence electrons. The molecule has 3 aromatic rings. The van der Waals surface area contributed by atoms with Gasteiger partial charge in [0.05, 0.1) is 5.56 Å². The lowest BCUT2D eigenvalue weighted by atomic mass is 10.0. The van der Waals surface area contributed by atoms with Crippen molar-refractivity contribution >= 4 is 23.5 Å². The number of halogens is 3. The van der Waals surface area contributed by atoms with Crippen LogP contribution in [0.1, 0.15) is 99.5 Å². The van der Waals surface area contributed by atoms with Crippen molar-refractivity contribution in [2.45, 2.75) is 87.6 Å². The Morgan fingerprint density at radius 3 is 1.49 bits per heavy atom. The van der Waals surface area contributed by atoms with E-state index in [0.717, 1.165) is 28.0 Å². The highest BCUT2D eigenvalue weighted by Gasteiger charge is 2.33. The van der Waals surface area contributed by atoms with Gasteiger partial charge in [-0.1, -0.05) is 82.5 Å². The average molecular weight is 593 g/mol. The molecule has 5 heteroatoms. The van der Waals surface area contributed by atoms with Gasteiger partial charge in [-0.15, -0.1) is 23.5 Å². The highest BCUT2D eigenvalue weighted by Crippen LogP contribution is 2.32. The molecule has 0 saturated heterocycles. The molecule has 0 aliphatic rings. The second-order valence-electron chi connectivity index (χ2n) is 9.98. The van der Waals surface area contributed by atoms with Crippen molar-refractivity contribution in [3.8, 4) is 23.7 Å². The number of benzene rings is 3. The van der Waals surface area contributed by atoms with Gasteiger partial charge in [-0.2, -0.15) is 13.2 Å². The van der Waals surface area contributed by atoms with E-state index in [9.17, 15) is 13.2 Å². The molecule has 0 N–H and O–H groups in total. The van der Waals surface area contributed by atoms with Crippen LogP contribution in [0.4, 0.5) is 13.2 Å². The van der Waals surface area contributed by atoms with Crippen molar-refractivity contribution in [2.24, 2.45) is 0 Å². The number of alkyl halides is 3. The maximum Gasteiger partial charge on any atom is 0.417 e. The number of hydrogen-bond acceptors (Lipinski definition) is 2. The molecule has 0 aliphatic heterocycles. The molecule has 0 aliphatic carbocycles. The van der Waals surface area contributed by atoms with Gasteiger partial charge in [-0.25, -0.2) is 0 Å². The van der Waals surface area contributed by atoms with Crippen molar-refractivity contribution in [2.75, 3.05) is 11.5 Å². The van der Waals surface area contributed by atoms with E-state index in [-0.39, 0.29) is 5.56 Å². The third kappa shape index (κ3) is 12.4. The highest BCUT2D eigenvalue weighted by molar-refractivity contribution is 7.99. The number of rotatable bonds is 13. The van der Waals surface area contributed by atoms with Gasteiger partial charge in [-0.3, -0.25) is 0 Å². The fourth-order valence-corrected chi connectivity index (χ4v) is 5.96. The summed E-state index contributed by atoms with van der Waals surface area (Å²) in [7, 11) is 0. The van der Waals surface area contributed by atoms with E-state index in [4.69, 9.17) is 0 Å². The zero-order valence-corrected chi connectivity index (χ0v) is 25.7. The lowest BCUT2D eigenvalue weighted by molar-refractivity contribution is -0.137. The number of thioether (sulfide) groups is 2. The van der Waals surface area contributed by atoms with Crippen LogP contribution in [-0.4, -0.2) is 11.5 Å². The van der Waals surface area contributed by atoms with Crippen molar-refractivity contribution in [1.82, 2.24) is 0 Å². The molecule has 0 heterocycles. The van der Waals surface area contributed by atoms with Gasteiger partial charge in [0.15, 0.2) is 0 Å². The molecular formula is C36H39F3S2. The molecule has 0 bridgehead atoms. The Hall–Kier alpha value is -2.73. The molecule has 0 atom stereocenters. The summed E-state index contributed by atoms with van der Waals surface area (Å²) in [6.07, 6.45) is 6.70. The Morgan fingerprint density at radius 2 is 0.976 bits per heavy atom. The number of unbranched alkanes of at least 4 members (excludes halogenated alkanes) is 7. The normalized spacial score (nSPS) is 11.0. The quantitative estimate of drug-likeness (QED) is 0.110. The molecule has 0 fully saturated rings. The van der Waals surface area contributed by atoms with E-state index < -0.39 is 11.7 Å². The molecule has 0 spiro atoms. The van der Waals surface area contributed by atoms with Gasteiger partial charge in [0.25, 0.3) is 0 Å². The maximum absolute atomic E-state index is 13.9. The van der Waals surface area contributed by atoms with E-state index in [0.29, 0.717) is 11.1 Å². The zero-order valence-electron chi connectivity index (χ0n) is 24.1. The first-order valence-corrected chi connectivity index (χ1v) is 16.6. The van der Waals surface area contributed by atoms with Crippen LogP contribution < -0.4 is 0 Å². The van der Waals surface area contributed by atoms with Crippen LogP contribution in [0.3, 0.4) is 0 Å². The molecule has 0 unspecified atom stereocenters. The van der Waals surface area contributed by atoms with E-state index >= 15 is 0 Å². The Labute approximate surface area is 253 Å². The Balaban J connectivity index is 1.63. The largest absolute Gasteiger partial charge is 0.417 e. The molecule has 0 nitrogen and oxygen atoms in total. The molecule has 0 amide bonds. The SMILES string of the molecule is CCCCCCCSc1ccc(C#Cc2ccc(C#Cc3ccc(SCCCCCC)cc3)c(C(F)(F)F)c2)cc1. The molecule has 3 aromatic carbocycles. The van der Waals surface area contributed by atoms with Crippen LogP contribution >= 0.6 is 23.5 Å². The summed E-state index contributed by atoms with van der Waals surface area (Å²) in [5.41, 5.74) is 0.969. The van der Waals surface area contributed by atoms with E-state index in [1.807, 2.05) is 60.3 Å². The van der Waals surface area contributed by atoms with Crippen LogP contribution in [-0.2, 0) is 6.18 Å². The standard InChI is InChI=1S/C36H39F3S2/c1-3-5-7-9-11-27-41-33-22-16-29(17-23-33)12-13-31-15-21-32(35(28-31)36(37,38)39)20-14-30-18-24-34(25-19-30)40-26-10-8-6-4-2/h15-19,21-25,28H,3-11,26-27H2,1-2H3. The Kier molecular flexibility index (Phi) is 14.3. The van der Waals surface area contributed by atoms with E-state index in [1.54, 1.807) is 17.8 Å². The Bertz CT molecular complexity index is 1320. The topological polar surface area (TPSA) is 0 Å². The molecule has 0 saturated carbocycles. The van der Waals surface area contributed by atoms with Crippen LogP contribution in [0.15, 0.2) is 76.5 Å². The second-order valence-corrected chi connectivity index (χ2v) is 12.3. The smallest absolute Gasteiger partial charge is 0.166 e. The van der Waals surface area contributed by atoms with E-state index in [2.05, 4.69) is 37.5 Å². The fourth-order valence-electron chi connectivity index (χ4n) is 4.13. The molecule has 3 rings (SSSR count). The van der Waals surface area contributed by atoms with Crippen molar-refractivity contribution in [3.05, 3.63) is 94.5 Å². The summed E-state index contributed by atoms with van der Waals surface area (Å²) in [4.78, 5) is 2.33. The minimum atomic E-state index is -4.52.